The zero-order valence-electron chi connectivity index (χ0n) is 19.9. The standard InChI is InChI=1S/C27H38N2O/c1-20(2)27(28-6,25-12-10-21(3)22(4)19-25)15-9-16-29(7)17-14-24-11-13-26(30-8)23(5)18-24/h10-13,18-20H,9,14-17H2,1-5,7-8H3. The lowest BCUT2D eigenvalue weighted by Gasteiger charge is -2.28. The molecule has 0 aliphatic heterocycles. The summed E-state index contributed by atoms with van der Waals surface area (Å²) in [5.41, 5.74) is 5.82. The molecule has 2 aromatic rings. The molecule has 2 aromatic carbocycles. The van der Waals surface area contributed by atoms with E-state index in [1.807, 2.05) is 0 Å². The second-order valence-electron chi connectivity index (χ2n) is 8.95. The van der Waals surface area contributed by atoms with Crippen LogP contribution in [0.25, 0.3) is 4.85 Å². The van der Waals surface area contributed by atoms with Gasteiger partial charge in [0.2, 0.25) is 0 Å². The maximum Gasteiger partial charge on any atom is 0.259 e. The third-order valence-electron chi connectivity index (χ3n) is 6.50. The maximum absolute atomic E-state index is 8.03. The van der Waals surface area contributed by atoms with Gasteiger partial charge in [-0.2, -0.15) is 0 Å². The largest absolute Gasteiger partial charge is 0.496 e. The Labute approximate surface area is 183 Å². The highest BCUT2D eigenvalue weighted by Crippen LogP contribution is 2.39. The highest BCUT2D eigenvalue weighted by Gasteiger charge is 2.42. The molecule has 3 heteroatoms. The van der Waals surface area contributed by atoms with Gasteiger partial charge in [0, 0.05) is 24.4 Å². The van der Waals surface area contributed by atoms with Crippen molar-refractivity contribution in [1.29, 1.82) is 0 Å². The van der Waals surface area contributed by atoms with Gasteiger partial charge in [0.25, 0.3) is 5.54 Å². The number of hydrogen-bond donors (Lipinski definition) is 0. The van der Waals surface area contributed by atoms with Gasteiger partial charge in [-0.05, 0) is 81.6 Å². The van der Waals surface area contributed by atoms with Gasteiger partial charge in [-0.3, -0.25) is 0 Å². The molecular formula is C27H38N2O. The number of methoxy groups -OCH3 is 1. The van der Waals surface area contributed by atoms with E-state index >= 15 is 0 Å². The Balaban J connectivity index is 1.97. The SMILES string of the molecule is [C-]#[N+]C(CCCN(C)CCc1ccc(OC)c(C)c1)(c1ccc(C)c(C)c1)C(C)C. The van der Waals surface area contributed by atoms with E-state index in [9.17, 15) is 0 Å². The van der Waals surface area contributed by atoms with Crippen LogP contribution in [0.2, 0.25) is 0 Å². The highest BCUT2D eigenvalue weighted by atomic mass is 16.5. The van der Waals surface area contributed by atoms with E-state index in [0.717, 1.165) is 38.1 Å². The molecule has 0 aliphatic rings. The first kappa shape index (κ1) is 24.0. The second kappa shape index (κ2) is 10.6. The number of likely N-dealkylation sites (N-methyl/N-ethyl adjacent to an activating group) is 1. The highest BCUT2D eigenvalue weighted by molar-refractivity contribution is 5.37. The monoisotopic (exact) mass is 406 g/mol. The molecule has 162 valence electrons. The fourth-order valence-corrected chi connectivity index (χ4v) is 4.17. The van der Waals surface area contributed by atoms with Crippen LogP contribution in [0.5, 0.6) is 5.75 Å². The van der Waals surface area contributed by atoms with Crippen molar-refractivity contribution >= 4 is 0 Å². The van der Waals surface area contributed by atoms with Crippen molar-refractivity contribution in [2.75, 3.05) is 27.2 Å². The smallest absolute Gasteiger partial charge is 0.259 e. The first-order chi connectivity index (χ1) is 14.2. The summed E-state index contributed by atoms with van der Waals surface area (Å²) in [6.45, 7) is 20.8. The van der Waals surface area contributed by atoms with Gasteiger partial charge in [0.15, 0.2) is 0 Å². The van der Waals surface area contributed by atoms with Gasteiger partial charge in [-0.25, -0.2) is 6.57 Å². The predicted molar refractivity (Wildman–Crippen MR) is 127 cm³/mol. The Hall–Kier alpha value is -2.31. The molecule has 0 aromatic heterocycles. The zero-order chi connectivity index (χ0) is 22.3. The third-order valence-corrected chi connectivity index (χ3v) is 6.50. The Bertz CT molecular complexity index is 881. The molecular weight excluding hydrogens is 368 g/mol. The fraction of sp³-hybridized carbons (Fsp3) is 0.519. The van der Waals surface area contributed by atoms with E-state index in [4.69, 9.17) is 11.3 Å². The lowest BCUT2D eigenvalue weighted by molar-refractivity contribution is 0.288. The quantitative estimate of drug-likeness (QED) is 0.428. The molecule has 0 aliphatic carbocycles. The van der Waals surface area contributed by atoms with Crippen molar-refractivity contribution in [3.63, 3.8) is 0 Å². The van der Waals surface area contributed by atoms with Crippen LogP contribution in [-0.4, -0.2) is 32.1 Å². The van der Waals surface area contributed by atoms with Gasteiger partial charge in [-0.15, -0.1) is 0 Å². The van der Waals surface area contributed by atoms with Crippen LogP contribution in [0.1, 0.15) is 54.5 Å². The fourth-order valence-electron chi connectivity index (χ4n) is 4.17. The molecule has 3 nitrogen and oxygen atoms in total. The molecule has 30 heavy (non-hydrogen) atoms. The molecule has 1 unspecified atom stereocenters. The van der Waals surface area contributed by atoms with Crippen LogP contribution in [0.15, 0.2) is 36.4 Å². The number of rotatable bonds is 10. The average Bonchev–Trinajstić information content (AvgIpc) is 2.72. The van der Waals surface area contributed by atoms with Crippen LogP contribution >= 0.6 is 0 Å². The molecule has 0 radical (unpaired) electrons. The Kier molecular flexibility index (Phi) is 8.50. The summed E-state index contributed by atoms with van der Waals surface area (Å²) in [6.07, 6.45) is 2.94. The van der Waals surface area contributed by atoms with Crippen molar-refractivity contribution in [1.82, 2.24) is 4.90 Å². The van der Waals surface area contributed by atoms with Crippen molar-refractivity contribution in [2.45, 2.75) is 59.4 Å². The Morgan fingerprint density at radius 2 is 1.73 bits per heavy atom. The molecule has 2 rings (SSSR count). The minimum absolute atomic E-state index is 0.282. The van der Waals surface area contributed by atoms with Crippen molar-refractivity contribution in [3.8, 4) is 5.75 Å². The average molecular weight is 407 g/mol. The summed E-state index contributed by atoms with van der Waals surface area (Å²) in [7, 11) is 3.90. The van der Waals surface area contributed by atoms with Gasteiger partial charge in [-0.1, -0.05) is 38.1 Å². The molecule has 0 saturated carbocycles. The minimum Gasteiger partial charge on any atom is -0.496 e. The number of ether oxygens (including phenoxy) is 1. The number of hydrogen-bond acceptors (Lipinski definition) is 2. The van der Waals surface area contributed by atoms with Gasteiger partial charge >= 0.3 is 0 Å². The molecule has 0 fully saturated rings. The maximum atomic E-state index is 8.03. The van der Waals surface area contributed by atoms with Gasteiger partial charge in [0.1, 0.15) is 5.75 Å². The van der Waals surface area contributed by atoms with E-state index in [1.165, 1.54) is 27.8 Å². The topological polar surface area (TPSA) is 16.8 Å². The van der Waals surface area contributed by atoms with Crippen molar-refractivity contribution < 1.29 is 4.74 Å². The number of nitrogens with zero attached hydrogens (tertiary/aromatic N) is 2. The minimum atomic E-state index is -0.438. The molecule has 0 heterocycles. The first-order valence-corrected chi connectivity index (χ1v) is 11.0. The summed E-state index contributed by atoms with van der Waals surface area (Å²) in [5.74, 6) is 1.23. The normalized spacial score (nSPS) is 13.3. The second-order valence-corrected chi connectivity index (χ2v) is 8.95. The number of benzene rings is 2. The summed E-state index contributed by atoms with van der Waals surface area (Å²) >= 11 is 0. The van der Waals surface area contributed by atoms with Crippen LogP contribution in [0.3, 0.4) is 0 Å². The summed E-state index contributed by atoms with van der Waals surface area (Å²) in [5, 5.41) is 0. The zero-order valence-corrected chi connectivity index (χ0v) is 19.9. The van der Waals surface area contributed by atoms with Crippen LogP contribution in [-0.2, 0) is 12.0 Å². The number of aryl methyl sites for hydroxylation is 3. The Morgan fingerprint density at radius 1 is 1.00 bits per heavy atom. The van der Waals surface area contributed by atoms with Gasteiger partial charge in [0.05, 0.1) is 7.11 Å². The van der Waals surface area contributed by atoms with E-state index in [1.54, 1.807) is 7.11 Å². The lowest BCUT2D eigenvalue weighted by Crippen LogP contribution is -2.31. The summed E-state index contributed by atoms with van der Waals surface area (Å²) < 4.78 is 5.36. The van der Waals surface area contributed by atoms with Crippen LogP contribution in [0.4, 0.5) is 0 Å². The third kappa shape index (κ3) is 5.64. The molecule has 0 bridgehead atoms. The summed E-state index contributed by atoms with van der Waals surface area (Å²) in [4.78, 5) is 6.58. The van der Waals surface area contributed by atoms with Crippen molar-refractivity contribution in [3.05, 3.63) is 75.6 Å². The van der Waals surface area contributed by atoms with Crippen LogP contribution < -0.4 is 4.74 Å². The van der Waals surface area contributed by atoms with Gasteiger partial charge < -0.3 is 14.5 Å². The molecule has 0 spiro atoms. The summed E-state index contributed by atoms with van der Waals surface area (Å²) in [6, 6.07) is 13.0. The molecule has 0 N–H and O–H groups in total. The van der Waals surface area contributed by atoms with E-state index < -0.39 is 5.54 Å². The van der Waals surface area contributed by atoms with Crippen molar-refractivity contribution in [2.24, 2.45) is 5.92 Å². The first-order valence-electron chi connectivity index (χ1n) is 11.0. The molecule has 0 saturated heterocycles. The Morgan fingerprint density at radius 3 is 2.30 bits per heavy atom. The van der Waals surface area contributed by atoms with E-state index in [0.29, 0.717) is 0 Å². The molecule has 0 amide bonds. The van der Waals surface area contributed by atoms with Crippen LogP contribution in [0, 0.1) is 33.3 Å². The predicted octanol–water partition coefficient (Wildman–Crippen LogP) is 6.35. The van der Waals surface area contributed by atoms with E-state index in [2.05, 4.69) is 87.8 Å². The molecule has 1 atom stereocenters. The van der Waals surface area contributed by atoms with E-state index in [-0.39, 0.29) is 5.92 Å². The lowest BCUT2D eigenvalue weighted by atomic mass is 9.76.